The molecule has 9 heteroatoms. The first-order valence-electron chi connectivity index (χ1n) is 8.48. The number of nitrogens with one attached hydrogen (secondary N) is 1. The standard InChI is InChI=1S/C20H17N3O6/c1-28-14-7-9-16(17(11-14)23(26)27)18-10-8-15(29-18)12-21-22-20(25)19(24)13-5-3-2-4-6-13/h2-12,19,24H,1H3,(H,22,25)/b21-12-/t19-/m0/s1. The summed E-state index contributed by atoms with van der Waals surface area (Å²) in [5.74, 6) is 0.176. The number of aliphatic hydroxyl groups excluding tert-OH is 1. The molecule has 0 aliphatic rings. The first-order chi connectivity index (χ1) is 14.0. The predicted octanol–water partition coefficient (Wildman–Crippen LogP) is 3.05. The van der Waals surface area contributed by atoms with Crippen molar-refractivity contribution >= 4 is 17.8 Å². The van der Waals surface area contributed by atoms with Crippen LogP contribution in [0.2, 0.25) is 0 Å². The van der Waals surface area contributed by atoms with E-state index < -0.39 is 16.9 Å². The van der Waals surface area contributed by atoms with Gasteiger partial charge in [-0.2, -0.15) is 5.10 Å². The van der Waals surface area contributed by atoms with Gasteiger partial charge in [-0.15, -0.1) is 0 Å². The highest BCUT2D eigenvalue weighted by molar-refractivity contribution is 5.84. The summed E-state index contributed by atoms with van der Waals surface area (Å²) in [6, 6.07) is 15.9. The monoisotopic (exact) mass is 395 g/mol. The lowest BCUT2D eigenvalue weighted by molar-refractivity contribution is -0.384. The number of nitrogens with zero attached hydrogens (tertiary/aromatic N) is 2. The number of nitro benzene ring substituents is 1. The van der Waals surface area contributed by atoms with E-state index in [-0.39, 0.29) is 22.8 Å². The molecule has 0 radical (unpaired) electrons. The summed E-state index contributed by atoms with van der Waals surface area (Å²) in [5.41, 5.74) is 2.77. The molecule has 9 nitrogen and oxygen atoms in total. The zero-order valence-electron chi connectivity index (χ0n) is 15.3. The SMILES string of the molecule is COc1ccc(-c2ccc(/C=N\NC(=O)[C@@H](O)c3ccccc3)o2)c([N+](=O)[O-])c1. The van der Waals surface area contributed by atoms with Crippen LogP contribution in [0.3, 0.4) is 0 Å². The first kappa shape index (κ1) is 19.8. The van der Waals surface area contributed by atoms with Crippen LogP contribution in [0.5, 0.6) is 5.75 Å². The van der Waals surface area contributed by atoms with Crippen molar-refractivity contribution in [1.82, 2.24) is 5.43 Å². The number of carbonyl (C=O) groups excluding carboxylic acids is 1. The van der Waals surface area contributed by atoms with Crippen LogP contribution in [-0.4, -0.2) is 29.3 Å². The molecule has 1 heterocycles. The zero-order valence-corrected chi connectivity index (χ0v) is 15.3. The molecule has 29 heavy (non-hydrogen) atoms. The van der Waals surface area contributed by atoms with Gasteiger partial charge in [-0.3, -0.25) is 14.9 Å². The van der Waals surface area contributed by atoms with E-state index in [4.69, 9.17) is 9.15 Å². The molecule has 1 aromatic heterocycles. The summed E-state index contributed by atoms with van der Waals surface area (Å²) < 4.78 is 10.6. The van der Waals surface area contributed by atoms with E-state index in [0.717, 1.165) is 0 Å². The molecule has 148 valence electrons. The minimum Gasteiger partial charge on any atom is -0.497 e. The summed E-state index contributed by atoms with van der Waals surface area (Å²) in [4.78, 5) is 22.7. The average molecular weight is 395 g/mol. The van der Waals surface area contributed by atoms with Crippen molar-refractivity contribution in [2.45, 2.75) is 6.10 Å². The molecule has 0 unspecified atom stereocenters. The maximum atomic E-state index is 11.9. The van der Waals surface area contributed by atoms with Crippen LogP contribution in [-0.2, 0) is 4.79 Å². The molecular formula is C20H17N3O6. The van der Waals surface area contributed by atoms with Gasteiger partial charge in [0.05, 0.1) is 29.9 Å². The second-order valence-corrected chi connectivity index (χ2v) is 5.89. The predicted molar refractivity (Wildman–Crippen MR) is 104 cm³/mol. The Bertz CT molecular complexity index is 1050. The third-order valence-electron chi connectivity index (χ3n) is 4.02. The lowest BCUT2D eigenvalue weighted by Gasteiger charge is -2.08. The molecule has 0 fully saturated rings. The van der Waals surface area contributed by atoms with Gasteiger partial charge in [0.15, 0.2) is 6.10 Å². The van der Waals surface area contributed by atoms with E-state index in [1.54, 1.807) is 48.5 Å². The molecule has 1 atom stereocenters. The Morgan fingerprint density at radius 3 is 2.69 bits per heavy atom. The fraction of sp³-hybridized carbons (Fsp3) is 0.100. The quantitative estimate of drug-likeness (QED) is 0.360. The molecular weight excluding hydrogens is 378 g/mol. The number of aliphatic hydroxyl groups is 1. The summed E-state index contributed by atoms with van der Waals surface area (Å²) in [7, 11) is 1.42. The summed E-state index contributed by atoms with van der Waals surface area (Å²) in [6.07, 6.45) is -0.128. The number of carbonyl (C=O) groups is 1. The minimum atomic E-state index is -1.36. The second-order valence-electron chi connectivity index (χ2n) is 5.89. The number of rotatable bonds is 7. The fourth-order valence-electron chi connectivity index (χ4n) is 2.57. The van der Waals surface area contributed by atoms with E-state index in [2.05, 4.69) is 10.5 Å². The van der Waals surface area contributed by atoms with Crippen molar-refractivity contribution in [3.05, 3.63) is 82.1 Å². The highest BCUT2D eigenvalue weighted by Crippen LogP contribution is 2.33. The van der Waals surface area contributed by atoms with Crippen LogP contribution < -0.4 is 10.2 Å². The van der Waals surface area contributed by atoms with E-state index >= 15 is 0 Å². The Balaban J connectivity index is 1.71. The zero-order chi connectivity index (χ0) is 20.8. The molecule has 0 bridgehead atoms. The third-order valence-corrected chi connectivity index (χ3v) is 4.02. The van der Waals surface area contributed by atoms with Crippen LogP contribution in [0.1, 0.15) is 17.4 Å². The number of hydrogen-bond donors (Lipinski definition) is 2. The van der Waals surface area contributed by atoms with Crippen LogP contribution >= 0.6 is 0 Å². The third kappa shape index (κ3) is 4.66. The Morgan fingerprint density at radius 1 is 1.24 bits per heavy atom. The molecule has 0 aliphatic heterocycles. The maximum absolute atomic E-state index is 11.9. The van der Waals surface area contributed by atoms with Crippen LogP contribution in [0.4, 0.5) is 5.69 Å². The second kappa shape index (κ2) is 8.81. The highest BCUT2D eigenvalue weighted by Gasteiger charge is 2.19. The average Bonchev–Trinajstić information content (AvgIpc) is 3.21. The van der Waals surface area contributed by atoms with Crippen molar-refractivity contribution in [2.24, 2.45) is 5.10 Å². The van der Waals surface area contributed by atoms with Crippen molar-refractivity contribution in [3.63, 3.8) is 0 Å². The molecule has 0 saturated heterocycles. The van der Waals surface area contributed by atoms with E-state index in [9.17, 15) is 20.0 Å². The van der Waals surface area contributed by atoms with Gasteiger partial charge in [0.1, 0.15) is 17.3 Å². The first-order valence-corrected chi connectivity index (χ1v) is 8.48. The Labute approximate surface area is 165 Å². The van der Waals surface area contributed by atoms with Crippen molar-refractivity contribution < 1.29 is 24.0 Å². The number of furan rings is 1. The van der Waals surface area contributed by atoms with Gasteiger partial charge in [0, 0.05) is 0 Å². The number of benzene rings is 2. The highest BCUT2D eigenvalue weighted by atomic mass is 16.6. The number of nitro groups is 1. The van der Waals surface area contributed by atoms with Crippen molar-refractivity contribution in [3.8, 4) is 17.1 Å². The molecule has 0 saturated carbocycles. The molecule has 3 aromatic rings. The van der Waals surface area contributed by atoms with Crippen molar-refractivity contribution in [2.75, 3.05) is 7.11 Å². The largest absolute Gasteiger partial charge is 0.497 e. The van der Waals surface area contributed by atoms with Crippen LogP contribution in [0.25, 0.3) is 11.3 Å². The molecule has 1 amide bonds. The number of amides is 1. The summed E-state index contributed by atoms with van der Waals surface area (Å²) in [5, 5.41) is 25.0. The maximum Gasteiger partial charge on any atom is 0.284 e. The molecule has 0 spiro atoms. The van der Waals surface area contributed by atoms with Gasteiger partial charge in [-0.05, 0) is 29.8 Å². The number of methoxy groups -OCH3 is 1. The Morgan fingerprint density at radius 2 is 2.00 bits per heavy atom. The summed E-state index contributed by atoms with van der Waals surface area (Å²) in [6.45, 7) is 0. The number of hydrogen-bond acceptors (Lipinski definition) is 7. The normalized spacial score (nSPS) is 11.9. The molecule has 3 rings (SSSR count). The van der Waals surface area contributed by atoms with Gasteiger partial charge in [0.2, 0.25) is 0 Å². The van der Waals surface area contributed by atoms with Gasteiger partial charge < -0.3 is 14.3 Å². The van der Waals surface area contributed by atoms with Gasteiger partial charge in [-0.25, -0.2) is 5.43 Å². The molecule has 0 aliphatic carbocycles. The van der Waals surface area contributed by atoms with Crippen LogP contribution in [0.15, 0.2) is 70.2 Å². The number of hydrazone groups is 1. The topological polar surface area (TPSA) is 127 Å². The Kier molecular flexibility index (Phi) is 6.00. The molecule has 2 N–H and O–H groups in total. The van der Waals surface area contributed by atoms with Gasteiger partial charge >= 0.3 is 0 Å². The lowest BCUT2D eigenvalue weighted by Crippen LogP contribution is -2.25. The van der Waals surface area contributed by atoms with Gasteiger partial charge in [0.25, 0.3) is 11.6 Å². The van der Waals surface area contributed by atoms with E-state index in [0.29, 0.717) is 11.3 Å². The van der Waals surface area contributed by atoms with E-state index in [1.807, 2.05) is 0 Å². The van der Waals surface area contributed by atoms with Gasteiger partial charge in [-0.1, -0.05) is 30.3 Å². The molecule has 2 aromatic carbocycles. The Hall–Kier alpha value is -3.98. The summed E-state index contributed by atoms with van der Waals surface area (Å²) >= 11 is 0. The smallest absolute Gasteiger partial charge is 0.284 e. The minimum absolute atomic E-state index is 0.165. The van der Waals surface area contributed by atoms with Crippen LogP contribution in [0, 0.1) is 10.1 Å². The van der Waals surface area contributed by atoms with Crippen molar-refractivity contribution in [1.29, 1.82) is 0 Å². The van der Waals surface area contributed by atoms with E-state index in [1.165, 1.54) is 25.5 Å². The lowest BCUT2D eigenvalue weighted by atomic mass is 10.1. The number of ether oxygens (including phenoxy) is 1. The fourth-order valence-corrected chi connectivity index (χ4v) is 2.57.